The second-order valence-electron chi connectivity index (χ2n) is 8.35. The minimum atomic E-state index is -0.232. The molecule has 0 aliphatic heterocycles. The number of carbonyl (C=O) groups is 2. The van der Waals surface area contributed by atoms with E-state index < -0.39 is 0 Å². The van der Waals surface area contributed by atoms with Gasteiger partial charge in [0.05, 0.1) is 6.54 Å². The smallest absolute Gasteiger partial charge is 0.322 e. The van der Waals surface area contributed by atoms with Crippen molar-refractivity contribution in [3.63, 3.8) is 0 Å². The molecular formula is C24H36N4O2. The fourth-order valence-electron chi connectivity index (χ4n) is 3.26. The zero-order chi connectivity index (χ0) is 22.1. The number of amides is 3. The molecule has 3 amide bonds. The summed E-state index contributed by atoms with van der Waals surface area (Å²) in [5.74, 6) is 0.319. The van der Waals surface area contributed by atoms with Gasteiger partial charge in [0.1, 0.15) is 6.54 Å². The molecule has 6 heteroatoms. The van der Waals surface area contributed by atoms with Crippen molar-refractivity contribution >= 4 is 17.6 Å². The van der Waals surface area contributed by atoms with Crippen molar-refractivity contribution in [1.82, 2.24) is 14.4 Å². The third kappa shape index (κ3) is 7.25. The molecule has 0 radical (unpaired) electrons. The maximum atomic E-state index is 13.2. The Labute approximate surface area is 180 Å². The third-order valence-electron chi connectivity index (χ3n) is 5.04. The fraction of sp³-hybridized carbons (Fsp3) is 0.500. The number of carbonyl (C=O) groups excluding carboxylic acids is 2. The van der Waals surface area contributed by atoms with E-state index in [-0.39, 0.29) is 18.5 Å². The van der Waals surface area contributed by atoms with E-state index in [1.807, 2.05) is 66.0 Å². The summed E-state index contributed by atoms with van der Waals surface area (Å²) in [6.07, 6.45) is 3.80. The lowest BCUT2D eigenvalue weighted by Gasteiger charge is -2.29. The third-order valence-corrected chi connectivity index (χ3v) is 5.04. The van der Waals surface area contributed by atoms with Crippen LogP contribution in [0.15, 0.2) is 42.6 Å². The molecule has 0 aliphatic carbocycles. The van der Waals surface area contributed by atoms with Gasteiger partial charge in [0.2, 0.25) is 5.91 Å². The number of urea groups is 1. The molecule has 0 saturated carbocycles. The summed E-state index contributed by atoms with van der Waals surface area (Å²) in [5.41, 5.74) is 2.95. The van der Waals surface area contributed by atoms with Gasteiger partial charge in [-0.25, -0.2) is 4.79 Å². The summed E-state index contributed by atoms with van der Waals surface area (Å²) < 4.78 is 2.03. The van der Waals surface area contributed by atoms with Gasteiger partial charge in [0, 0.05) is 37.7 Å². The number of unbranched alkanes of at least 4 members (excludes halogenated alkanes) is 1. The van der Waals surface area contributed by atoms with E-state index in [4.69, 9.17) is 0 Å². The first-order valence-corrected chi connectivity index (χ1v) is 10.8. The number of hydrogen-bond donors (Lipinski definition) is 1. The Bertz CT molecular complexity index is 811. The maximum Gasteiger partial charge on any atom is 0.322 e. The number of nitrogens with zero attached hydrogens (tertiary/aromatic N) is 3. The summed E-state index contributed by atoms with van der Waals surface area (Å²) in [4.78, 5) is 29.6. The average molecular weight is 413 g/mol. The van der Waals surface area contributed by atoms with Gasteiger partial charge < -0.3 is 19.7 Å². The lowest BCUT2D eigenvalue weighted by molar-refractivity contribution is -0.133. The quantitative estimate of drug-likeness (QED) is 0.617. The Morgan fingerprint density at radius 2 is 1.80 bits per heavy atom. The van der Waals surface area contributed by atoms with Gasteiger partial charge in [-0.15, -0.1) is 0 Å². The number of rotatable bonds is 10. The summed E-state index contributed by atoms with van der Waals surface area (Å²) in [5, 5.41) is 2.93. The normalized spacial score (nSPS) is 10.9. The van der Waals surface area contributed by atoms with E-state index in [1.165, 1.54) is 0 Å². The Hall–Kier alpha value is -2.76. The molecule has 1 N–H and O–H groups in total. The van der Waals surface area contributed by atoms with Crippen LogP contribution in [0, 0.1) is 12.8 Å². The molecule has 1 heterocycles. The van der Waals surface area contributed by atoms with Crippen molar-refractivity contribution in [2.75, 3.05) is 25.0 Å². The summed E-state index contributed by atoms with van der Waals surface area (Å²) >= 11 is 0. The second-order valence-corrected chi connectivity index (χ2v) is 8.35. The lowest BCUT2D eigenvalue weighted by Crippen LogP contribution is -2.45. The van der Waals surface area contributed by atoms with Crippen molar-refractivity contribution in [3.8, 4) is 0 Å². The van der Waals surface area contributed by atoms with Gasteiger partial charge in [0.25, 0.3) is 0 Å². The van der Waals surface area contributed by atoms with Crippen LogP contribution in [0.3, 0.4) is 0 Å². The zero-order valence-electron chi connectivity index (χ0n) is 19.0. The van der Waals surface area contributed by atoms with Crippen LogP contribution in [0.2, 0.25) is 0 Å². The van der Waals surface area contributed by atoms with E-state index in [2.05, 4.69) is 26.1 Å². The highest BCUT2D eigenvalue weighted by atomic mass is 16.2. The molecule has 0 saturated heterocycles. The van der Waals surface area contributed by atoms with Gasteiger partial charge in [-0.1, -0.05) is 44.9 Å². The molecule has 0 atom stereocenters. The van der Waals surface area contributed by atoms with Crippen molar-refractivity contribution in [1.29, 1.82) is 0 Å². The number of aryl methyl sites for hydroxylation is 2. The largest absolute Gasteiger partial charge is 0.353 e. The minimum absolute atomic E-state index is 0.0277. The standard InChI is InChI=1S/C24H36N4O2/c1-6-7-15-27(24(30)25-21-12-10-20(4)11-13-21)18-23(29)28(16-19(2)3)17-22-9-8-14-26(22)5/h8-14,19H,6-7,15-18H2,1-5H3,(H,25,30). The lowest BCUT2D eigenvalue weighted by atomic mass is 10.2. The highest BCUT2D eigenvalue weighted by molar-refractivity contribution is 5.92. The van der Waals surface area contributed by atoms with Crippen LogP contribution in [-0.2, 0) is 18.4 Å². The molecule has 2 aromatic rings. The van der Waals surface area contributed by atoms with E-state index in [0.717, 1.165) is 29.8 Å². The van der Waals surface area contributed by atoms with Gasteiger partial charge in [-0.3, -0.25) is 4.79 Å². The Balaban J connectivity index is 2.10. The molecule has 0 unspecified atom stereocenters. The van der Waals surface area contributed by atoms with Crippen molar-refractivity contribution in [2.45, 2.75) is 47.1 Å². The first-order valence-electron chi connectivity index (χ1n) is 10.8. The van der Waals surface area contributed by atoms with Crippen LogP contribution >= 0.6 is 0 Å². The van der Waals surface area contributed by atoms with Crippen molar-refractivity contribution in [3.05, 3.63) is 53.9 Å². The Morgan fingerprint density at radius 3 is 2.37 bits per heavy atom. The first kappa shape index (κ1) is 23.5. The maximum absolute atomic E-state index is 13.2. The topological polar surface area (TPSA) is 57.6 Å². The predicted molar refractivity (Wildman–Crippen MR) is 122 cm³/mol. The van der Waals surface area contributed by atoms with Crippen LogP contribution in [0.4, 0.5) is 10.5 Å². The first-order chi connectivity index (χ1) is 14.3. The molecule has 0 spiro atoms. The fourth-order valence-corrected chi connectivity index (χ4v) is 3.26. The molecule has 6 nitrogen and oxygen atoms in total. The number of hydrogen-bond acceptors (Lipinski definition) is 2. The molecule has 30 heavy (non-hydrogen) atoms. The van der Waals surface area contributed by atoms with Crippen LogP contribution in [0.5, 0.6) is 0 Å². The van der Waals surface area contributed by atoms with Crippen LogP contribution in [0.1, 0.15) is 44.9 Å². The van der Waals surface area contributed by atoms with E-state index in [9.17, 15) is 9.59 Å². The zero-order valence-corrected chi connectivity index (χ0v) is 19.0. The highest BCUT2D eigenvalue weighted by Crippen LogP contribution is 2.12. The van der Waals surface area contributed by atoms with E-state index in [1.54, 1.807) is 4.90 Å². The SMILES string of the molecule is CCCCN(CC(=O)N(Cc1cccn1C)CC(C)C)C(=O)Nc1ccc(C)cc1. The summed E-state index contributed by atoms with van der Waals surface area (Å²) in [6.45, 7) is 10.1. The molecule has 0 bridgehead atoms. The molecule has 0 fully saturated rings. The molecule has 1 aromatic heterocycles. The number of benzene rings is 1. The minimum Gasteiger partial charge on any atom is -0.353 e. The molecule has 2 rings (SSSR count). The molecule has 0 aliphatic rings. The highest BCUT2D eigenvalue weighted by Gasteiger charge is 2.22. The number of aromatic nitrogens is 1. The number of anilines is 1. The molecular weight excluding hydrogens is 376 g/mol. The van der Waals surface area contributed by atoms with Crippen LogP contribution in [-0.4, -0.2) is 45.9 Å². The van der Waals surface area contributed by atoms with Crippen molar-refractivity contribution < 1.29 is 9.59 Å². The predicted octanol–water partition coefficient (Wildman–Crippen LogP) is 4.65. The summed E-state index contributed by atoms with van der Waals surface area (Å²) in [7, 11) is 1.98. The van der Waals surface area contributed by atoms with Gasteiger partial charge >= 0.3 is 6.03 Å². The average Bonchev–Trinajstić information content (AvgIpc) is 3.10. The van der Waals surface area contributed by atoms with Crippen molar-refractivity contribution in [2.24, 2.45) is 13.0 Å². The molecule has 1 aromatic carbocycles. The second kappa shape index (κ2) is 11.4. The Morgan fingerprint density at radius 1 is 1.10 bits per heavy atom. The van der Waals surface area contributed by atoms with Gasteiger partial charge in [0.15, 0.2) is 0 Å². The van der Waals surface area contributed by atoms with Gasteiger partial charge in [-0.2, -0.15) is 0 Å². The monoisotopic (exact) mass is 412 g/mol. The van der Waals surface area contributed by atoms with E-state index >= 15 is 0 Å². The molecule has 164 valence electrons. The summed E-state index contributed by atoms with van der Waals surface area (Å²) in [6, 6.07) is 11.5. The van der Waals surface area contributed by atoms with Gasteiger partial charge in [-0.05, 0) is 43.5 Å². The van der Waals surface area contributed by atoms with E-state index in [0.29, 0.717) is 25.6 Å². The number of nitrogens with one attached hydrogen (secondary N) is 1. The van der Waals surface area contributed by atoms with Crippen LogP contribution in [0.25, 0.3) is 0 Å². The van der Waals surface area contributed by atoms with Crippen LogP contribution < -0.4 is 5.32 Å². The Kier molecular flexibility index (Phi) is 8.96.